The van der Waals surface area contributed by atoms with Crippen LogP contribution in [0, 0.1) is 5.41 Å². The van der Waals surface area contributed by atoms with Gasteiger partial charge in [0.15, 0.2) is 0 Å². The van der Waals surface area contributed by atoms with Crippen molar-refractivity contribution in [2.75, 3.05) is 18.8 Å². The van der Waals surface area contributed by atoms with Crippen molar-refractivity contribution in [2.45, 2.75) is 33.2 Å². The van der Waals surface area contributed by atoms with Crippen LogP contribution in [0.4, 0.5) is 5.69 Å². The quantitative estimate of drug-likeness (QED) is 0.839. The van der Waals surface area contributed by atoms with Crippen molar-refractivity contribution in [3.05, 3.63) is 29.8 Å². The largest absolute Gasteiger partial charge is 0.399 e. The maximum absolute atomic E-state index is 5.79. The Morgan fingerprint density at radius 2 is 2.18 bits per heavy atom. The molecule has 1 aromatic carbocycles. The van der Waals surface area contributed by atoms with Gasteiger partial charge in [-0.3, -0.25) is 4.90 Å². The smallest absolute Gasteiger partial charge is 0.0317 e. The van der Waals surface area contributed by atoms with Crippen molar-refractivity contribution in [1.29, 1.82) is 0 Å². The third-order valence-electron chi connectivity index (χ3n) is 3.85. The van der Waals surface area contributed by atoms with Crippen LogP contribution in [0.5, 0.6) is 0 Å². The summed E-state index contributed by atoms with van der Waals surface area (Å²) < 4.78 is 0. The first kappa shape index (κ1) is 14.3. The summed E-state index contributed by atoms with van der Waals surface area (Å²) in [7, 11) is 0. The number of rotatable bonds is 3. The normalized spacial score (nSPS) is 24.6. The molecule has 1 unspecified atom stereocenters. The topological polar surface area (TPSA) is 29.3 Å². The number of hydrogen-bond donors (Lipinski definition) is 1. The third-order valence-corrected chi connectivity index (χ3v) is 3.85. The highest BCUT2D eigenvalue weighted by atomic mass is 35.5. The predicted molar refractivity (Wildman–Crippen MR) is 76.4 cm³/mol. The number of nitrogen functional groups attached to an aromatic ring is 1. The maximum atomic E-state index is 5.79. The van der Waals surface area contributed by atoms with Crippen molar-refractivity contribution in [1.82, 2.24) is 4.90 Å². The SMILES string of the molecule is CCC1(C)CCN(Cc2cccc(N)c2)C1.Cl. The van der Waals surface area contributed by atoms with E-state index in [0.29, 0.717) is 5.41 Å². The molecular formula is C14H23ClN2. The fourth-order valence-electron chi connectivity index (χ4n) is 2.50. The average Bonchev–Trinajstić information content (AvgIpc) is 2.61. The molecule has 0 saturated carbocycles. The summed E-state index contributed by atoms with van der Waals surface area (Å²) in [5.74, 6) is 0. The van der Waals surface area contributed by atoms with E-state index >= 15 is 0 Å². The van der Waals surface area contributed by atoms with Crippen LogP contribution >= 0.6 is 12.4 Å². The molecule has 0 bridgehead atoms. The zero-order chi connectivity index (χ0) is 11.6. The van der Waals surface area contributed by atoms with E-state index in [1.165, 1.54) is 31.5 Å². The van der Waals surface area contributed by atoms with Gasteiger partial charge in [-0.15, -0.1) is 12.4 Å². The second-order valence-electron chi connectivity index (χ2n) is 5.37. The van der Waals surface area contributed by atoms with E-state index in [-0.39, 0.29) is 12.4 Å². The second kappa shape index (κ2) is 5.74. The fourth-order valence-corrected chi connectivity index (χ4v) is 2.50. The number of likely N-dealkylation sites (tertiary alicyclic amines) is 1. The Hall–Kier alpha value is -0.730. The second-order valence-corrected chi connectivity index (χ2v) is 5.37. The predicted octanol–water partition coefficient (Wildman–Crippen LogP) is 3.31. The minimum Gasteiger partial charge on any atom is -0.399 e. The van der Waals surface area contributed by atoms with Crippen LogP contribution in [-0.2, 0) is 6.54 Å². The van der Waals surface area contributed by atoms with Gasteiger partial charge >= 0.3 is 0 Å². The van der Waals surface area contributed by atoms with Gasteiger partial charge in [0.1, 0.15) is 0 Å². The molecule has 1 fully saturated rings. The molecule has 96 valence electrons. The Morgan fingerprint density at radius 3 is 2.76 bits per heavy atom. The van der Waals surface area contributed by atoms with E-state index in [1.54, 1.807) is 0 Å². The molecule has 1 aliphatic heterocycles. The van der Waals surface area contributed by atoms with Crippen LogP contribution < -0.4 is 5.73 Å². The Morgan fingerprint density at radius 1 is 1.41 bits per heavy atom. The van der Waals surface area contributed by atoms with Crippen LogP contribution in [0.1, 0.15) is 32.3 Å². The molecule has 2 nitrogen and oxygen atoms in total. The Labute approximate surface area is 111 Å². The summed E-state index contributed by atoms with van der Waals surface area (Å²) in [5.41, 5.74) is 8.53. The third kappa shape index (κ3) is 3.62. The van der Waals surface area contributed by atoms with Gasteiger partial charge in [0.25, 0.3) is 0 Å². The first-order valence-corrected chi connectivity index (χ1v) is 6.18. The summed E-state index contributed by atoms with van der Waals surface area (Å²) in [4.78, 5) is 2.54. The Balaban J connectivity index is 0.00000144. The summed E-state index contributed by atoms with van der Waals surface area (Å²) in [6, 6.07) is 8.24. The number of halogens is 1. The number of nitrogens with zero attached hydrogens (tertiary/aromatic N) is 1. The summed E-state index contributed by atoms with van der Waals surface area (Å²) in [6.45, 7) is 8.18. The van der Waals surface area contributed by atoms with Crippen molar-refractivity contribution in [3.63, 3.8) is 0 Å². The van der Waals surface area contributed by atoms with E-state index in [1.807, 2.05) is 12.1 Å². The summed E-state index contributed by atoms with van der Waals surface area (Å²) in [6.07, 6.45) is 2.60. The number of anilines is 1. The number of nitrogens with two attached hydrogens (primary N) is 1. The zero-order valence-corrected chi connectivity index (χ0v) is 11.6. The molecule has 0 spiro atoms. The summed E-state index contributed by atoms with van der Waals surface area (Å²) >= 11 is 0. The number of benzene rings is 1. The van der Waals surface area contributed by atoms with Gasteiger partial charge in [-0.2, -0.15) is 0 Å². The minimum atomic E-state index is 0. The standard InChI is InChI=1S/C14H22N2.ClH/c1-3-14(2)7-8-16(11-14)10-12-5-4-6-13(15)9-12;/h4-6,9H,3,7-8,10-11,15H2,1-2H3;1H. The molecule has 1 saturated heterocycles. The lowest BCUT2D eigenvalue weighted by atomic mass is 9.87. The van der Waals surface area contributed by atoms with Crippen molar-refractivity contribution in [3.8, 4) is 0 Å². The number of hydrogen-bond acceptors (Lipinski definition) is 2. The monoisotopic (exact) mass is 254 g/mol. The molecule has 1 aromatic rings. The minimum absolute atomic E-state index is 0. The van der Waals surface area contributed by atoms with Crippen LogP contribution in [0.3, 0.4) is 0 Å². The molecule has 3 heteroatoms. The van der Waals surface area contributed by atoms with Crippen LogP contribution in [0.2, 0.25) is 0 Å². The zero-order valence-electron chi connectivity index (χ0n) is 10.8. The molecule has 17 heavy (non-hydrogen) atoms. The van der Waals surface area contributed by atoms with E-state index in [2.05, 4.69) is 30.9 Å². The van der Waals surface area contributed by atoms with E-state index in [9.17, 15) is 0 Å². The molecule has 2 rings (SSSR count). The van der Waals surface area contributed by atoms with Gasteiger partial charge in [-0.25, -0.2) is 0 Å². The lowest BCUT2D eigenvalue weighted by Crippen LogP contribution is -2.24. The van der Waals surface area contributed by atoms with Crippen LogP contribution in [0.15, 0.2) is 24.3 Å². The van der Waals surface area contributed by atoms with Gasteiger partial charge in [0, 0.05) is 18.8 Å². The van der Waals surface area contributed by atoms with E-state index in [4.69, 9.17) is 5.73 Å². The average molecular weight is 255 g/mol. The van der Waals surface area contributed by atoms with Crippen LogP contribution in [-0.4, -0.2) is 18.0 Å². The van der Waals surface area contributed by atoms with Gasteiger partial charge in [0.2, 0.25) is 0 Å². The first-order valence-electron chi connectivity index (χ1n) is 6.18. The molecule has 1 aliphatic rings. The molecule has 0 aromatic heterocycles. The van der Waals surface area contributed by atoms with Crippen molar-refractivity contribution < 1.29 is 0 Å². The fraction of sp³-hybridized carbons (Fsp3) is 0.571. The molecular weight excluding hydrogens is 232 g/mol. The molecule has 0 amide bonds. The molecule has 2 N–H and O–H groups in total. The first-order chi connectivity index (χ1) is 7.61. The Bertz CT molecular complexity index is 367. The van der Waals surface area contributed by atoms with Crippen molar-refractivity contribution in [2.24, 2.45) is 5.41 Å². The highest BCUT2D eigenvalue weighted by Crippen LogP contribution is 2.33. The molecule has 1 heterocycles. The highest BCUT2D eigenvalue weighted by molar-refractivity contribution is 5.85. The van der Waals surface area contributed by atoms with E-state index in [0.717, 1.165) is 12.2 Å². The Kier molecular flexibility index (Phi) is 4.84. The van der Waals surface area contributed by atoms with Crippen molar-refractivity contribution >= 4 is 18.1 Å². The highest BCUT2D eigenvalue weighted by Gasteiger charge is 2.31. The van der Waals surface area contributed by atoms with E-state index < -0.39 is 0 Å². The van der Waals surface area contributed by atoms with Gasteiger partial charge in [-0.1, -0.05) is 26.0 Å². The maximum Gasteiger partial charge on any atom is 0.0317 e. The molecule has 0 aliphatic carbocycles. The van der Waals surface area contributed by atoms with Gasteiger partial charge < -0.3 is 5.73 Å². The lowest BCUT2D eigenvalue weighted by molar-refractivity contribution is 0.263. The summed E-state index contributed by atoms with van der Waals surface area (Å²) in [5, 5.41) is 0. The van der Waals surface area contributed by atoms with Gasteiger partial charge in [-0.05, 0) is 42.5 Å². The molecule has 1 atom stereocenters. The van der Waals surface area contributed by atoms with Crippen LogP contribution in [0.25, 0.3) is 0 Å². The lowest BCUT2D eigenvalue weighted by Gasteiger charge is -2.22. The molecule has 0 radical (unpaired) electrons. The van der Waals surface area contributed by atoms with Gasteiger partial charge in [0.05, 0.1) is 0 Å².